The summed E-state index contributed by atoms with van der Waals surface area (Å²) in [4.78, 5) is 2.65. The van der Waals surface area contributed by atoms with E-state index in [1.54, 1.807) is 0 Å². The molecule has 0 amide bonds. The van der Waals surface area contributed by atoms with Crippen LogP contribution in [0.25, 0.3) is 0 Å². The van der Waals surface area contributed by atoms with Crippen LogP contribution in [0.15, 0.2) is 0 Å². The van der Waals surface area contributed by atoms with Crippen molar-refractivity contribution in [2.45, 2.75) is 71.3 Å². The molecule has 0 aromatic rings. The van der Waals surface area contributed by atoms with E-state index in [1.807, 2.05) is 0 Å². The lowest BCUT2D eigenvalue weighted by Gasteiger charge is -2.40. The SMILES string of the molecule is CC1CCCC(N)(CN2CCCC(C)(C)CC2)C1. The minimum absolute atomic E-state index is 0.103. The molecule has 2 fully saturated rings. The second-order valence-electron chi connectivity index (χ2n) is 7.86. The molecule has 2 heteroatoms. The molecular formula is C16H32N2. The van der Waals surface area contributed by atoms with Crippen LogP contribution in [0, 0.1) is 11.3 Å². The molecule has 2 nitrogen and oxygen atoms in total. The topological polar surface area (TPSA) is 29.3 Å². The van der Waals surface area contributed by atoms with Crippen molar-refractivity contribution in [1.82, 2.24) is 4.90 Å². The zero-order chi connectivity index (χ0) is 13.2. The van der Waals surface area contributed by atoms with Crippen LogP contribution in [0.1, 0.15) is 65.7 Å². The average Bonchev–Trinajstić information content (AvgIpc) is 2.39. The summed E-state index contributed by atoms with van der Waals surface area (Å²) in [6, 6.07) is 0. The molecule has 1 aliphatic heterocycles. The van der Waals surface area contributed by atoms with E-state index < -0.39 is 0 Å². The second kappa shape index (κ2) is 5.50. The number of likely N-dealkylation sites (tertiary alicyclic amines) is 1. The van der Waals surface area contributed by atoms with E-state index in [-0.39, 0.29) is 5.54 Å². The van der Waals surface area contributed by atoms with Crippen molar-refractivity contribution >= 4 is 0 Å². The first-order chi connectivity index (χ1) is 8.39. The van der Waals surface area contributed by atoms with Gasteiger partial charge in [0.25, 0.3) is 0 Å². The summed E-state index contributed by atoms with van der Waals surface area (Å²) in [6.45, 7) is 10.8. The standard InChI is InChI=1S/C16H32N2/c1-14-6-4-8-16(17,12-14)13-18-10-5-7-15(2,3)9-11-18/h14H,4-13,17H2,1-3H3. The molecule has 0 radical (unpaired) electrons. The van der Waals surface area contributed by atoms with Crippen molar-refractivity contribution < 1.29 is 0 Å². The van der Waals surface area contributed by atoms with Crippen molar-refractivity contribution in [3.63, 3.8) is 0 Å². The maximum Gasteiger partial charge on any atom is 0.0285 e. The van der Waals surface area contributed by atoms with Gasteiger partial charge >= 0.3 is 0 Å². The Kier molecular flexibility index (Phi) is 4.38. The highest BCUT2D eigenvalue weighted by Gasteiger charge is 2.33. The lowest BCUT2D eigenvalue weighted by atomic mass is 9.76. The Bertz CT molecular complexity index is 274. The molecule has 2 unspecified atom stereocenters. The van der Waals surface area contributed by atoms with E-state index in [9.17, 15) is 0 Å². The minimum atomic E-state index is 0.103. The van der Waals surface area contributed by atoms with Gasteiger partial charge in [0.05, 0.1) is 0 Å². The largest absolute Gasteiger partial charge is 0.324 e. The number of nitrogens with zero attached hydrogens (tertiary/aromatic N) is 1. The van der Waals surface area contributed by atoms with E-state index in [0.29, 0.717) is 5.41 Å². The van der Waals surface area contributed by atoms with Gasteiger partial charge in [0, 0.05) is 12.1 Å². The molecule has 0 aromatic heterocycles. The van der Waals surface area contributed by atoms with Gasteiger partial charge in [-0.1, -0.05) is 33.6 Å². The predicted molar refractivity (Wildman–Crippen MR) is 78.6 cm³/mol. The van der Waals surface area contributed by atoms with Gasteiger partial charge in [-0.05, 0) is 56.5 Å². The molecule has 2 N–H and O–H groups in total. The smallest absolute Gasteiger partial charge is 0.0285 e. The van der Waals surface area contributed by atoms with Gasteiger partial charge in [0.15, 0.2) is 0 Å². The zero-order valence-electron chi connectivity index (χ0n) is 12.7. The zero-order valence-corrected chi connectivity index (χ0v) is 12.7. The molecule has 1 aliphatic carbocycles. The molecule has 2 aliphatic rings. The third-order valence-electron chi connectivity index (χ3n) is 5.10. The van der Waals surface area contributed by atoms with Crippen LogP contribution in [-0.4, -0.2) is 30.1 Å². The van der Waals surface area contributed by atoms with Crippen LogP contribution >= 0.6 is 0 Å². The molecule has 18 heavy (non-hydrogen) atoms. The Labute approximate surface area is 113 Å². The van der Waals surface area contributed by atoms with Gasteiger partial charge < -0.3 is 10.6 Å². The molecule has 106 valence electrons. The van der Waals surface area contributed by atoms with Crippen molar-refractivity contribution in [1.29, 1.82) is 0 Å². The van der Waals surface area contributed by atoms with Gasteiger partial charge in [-0.15, -0.1) is 0 Å². The molecule has 1 saturated heterocycles. The van der Waals surface area contributed by atoms with Crippen molar-refractivity contribution in [2.75, 3.05) is 19.6 Å². The second-order valence-corrected chi connectivity index (χ2v) is 7.86. The first-order valence-corrected chi connectivity index (χ1v) is 7.90. The van der Waals surface area contributed by atoms with Crippen molar-refractivity contribution in [2.24, 2.45) is 17.1 Å². The normalized spacial score (nSPS) is 38.3. The number of nitrogens with two attached hydrogens (primary N) is 1. The van der Waals surface area contributed by atoms with Crippen LogP contribution < -0.4 is 5.73 Å². The first kappa shape index (κ1) is 14.3. The van der Waals surface area contributed by atoms with E-state index in [4.69, 9.17) is 5.73 Å². The lowest BCUT2D eigenvalue weighted by Crippen LogP contribution is -2.53. The van der Waals surface area contributed by atoms with Crippen LogP contribution in [-0.2, 0) is 0 Å². The molecule has 2 rings (SSSR count). The summed E-state index contributed by atoms with van der Waals surface area (Å²) in [5.74, 6) is 0.826. The molecule has 2 atom stereocenters. The van der Waals surface area contributed by atoms with Gasteiger partial charge in [-0.2, -0.15) is 0 Å². The van der Waals surface area contributed by atoms with Gasteiger partial charge in [0.1, 0.15) is 0 Å². The number of rotatable bonds is 2. The molecule has 0 aromatic carbocycles. The van der Waals surface area contributed by atoms with E-state index in [0.717, 1.165) is 12.5 Å². The Hall–Kier alpha value is -0.0800. The average molecular weight is 252 g/mol. The van der Waals surface area contributed by atoms with E-state index in [2.05, 4.69) is 25.7 Å². The monoisotopic (exact) mass is 252 g/mol. The highest BCUT2D eigenvalue weighted by molar-refractivity contribution is 4.93. The van der Waals surface area contributed by atoms with Gasteiger partial charge in [0.2, 0.25) is 0 Å². The van der Waals surface area contributed by atoms with Crippen LogP contribution in [0.5, 0.6) is 0 Å². The first-order valence-electron chi connectivity index (χ1n) is 7.90. The molecule has 0 bridgehead atoms. The summed E-state index contributed by atoms with van der Waals surface area (Å²) >= 11 is 0. The fraction of sp³-hybridized carbons (Fsp3) is 1.00. The molecule has 1 heterocycles. The fourth-order valence-corrected chi connectivity index (χ4v) is 3.93. The van der Waals surface area contributed by atoms with Gasteiger partial charge in [-0.25, -0.2) is 0 Å². The van der Waals surface area contributed by atoms with E-state index >= 15 is 0 Å². The number of hydrogen-bond donors (Lipinski definition) is 1. The highest BCUT2D eigenvalue weighted by Crippen LogP contribution is 2.33. The Morgan fingerprint density at radius 1 is 1.11 bits per heavy atom. The van der Waals surface area contributed by atoms with Crippen LogP contribution in [0.3, 0.4) is 0 Å². The Morgan fingerprint density at radius 2 is 1.89 bits per heavy atom. The summed E-state index contributed by atoms with van der Waals surface area (Å²) in [6.07, 6.45) is 9.22. The third kappa shape index (κ3) is 3.96. The quantitative estimate of drug-likeness (QED) is 0.816. The summed E-state index contributed by atoms with van der Waals surface area (Å²) in [5.41, 5.74) is 7.30. The maximum atomic E-state index is 6.66. The number of hydrogen-bond acceptors (Lipinski definition) is 2. The van der Waals surface area contributed by atoms with Crippen LogP contribution in [0.2, 0.25) is 0 Å². The molecule has 0 spiro atoms. The summed E-state index contributed by atoms with van der Waals surface area (Å²) in [5, 5.41) is 0. The third-order valence-corrected chi connectivity index (χ3v) is 5.10. The molecule has 1 saturated carbocycles. The van der Waals surface area contributed by atoms with Crippen molar-refractivity contribution in [3.05, 3.63) is 0 Å². The summed E-state index contributed by atoms with van der Waals surface area (Å²) < 4.78 is 0. The Balaban J connectivity index is 1.88. The minimum Gasteiger partial charge on any atom is -0.324 e. The maximum absolute atomic E-state index is 6.66. The van der Waals surface area contributed by atoms with E-state index in [1.165, 1.54) is 58.0 Å². The summed E-state index contributed by atoms with van der Waals surface area (Å²) in [7, 11) is 0. The Morgan fingerprint density at radius 3 is 2.61 bits per heavy atom. The predicted octanol–water partition coefficient (Wildman–Crippen LogP) is 3.41. The van der Waals surface area contributed by atoms with Crippen molar-refractivity contribution in [3.8, 4) is 0 Å². The highest BCUT2D eigenvalue weighted by atomic mass is 15.1. The van der Waals surface area contributed by atoms with Gasteiger partial charge in [-0.3, -0.25) is 0 Å². The lowest BCUT2D eigenvalue weighted by molar-refractivity contribution is 0.150. The molecular weight excluding hydrogens is 220 g/mol. The fourth-order valence-electron chi connectivity index (χ4n) is 3.93. The van der Waals surface area contributed by atoms with Crippen LogP contribution in [0.4, 0.5) is 0 Å².